The minimum Gasteiger partial charge on any atom is -0.467 e. The molecule has 0 radical (unpaired) electrons. The maximum atomic E-state index is 13.7. The first-order chi connectivity index (χ1) is 11.9. The van der Waals surface area contributed by atoms with Crippen molar-refractivity contribution in [3.05, 3.63) is 59.8 Å². The van der Waals surface area contributed by atoms with Crippen LogP contribution in [0, 0.1) is 11.7 Å². The Kier molecular flexibility index (Phi) is 6.30. The van der Waals surface area contributed by atoms with E-state index in [1.54, 1.807) is 32.0 Å². The van der Waals surface area contributed by atoms with Crippen LogP contribution in [0.1, 0.15) is 36.1 Å². The van der Waals surface area contributed by atoms with Crippen molar-refractivity contribution in [3.63, 3.8) is 0 Å². The van der Waals surface area contributed by atoms with Gasteiger partial charge < -0.3 is 20.2 Å². The number of carbonyl (C=O) groups is 2. The summed E-state index contributed by atoms with van der Waals surface area (Å²) >= 11 is 0. The molecule has 2 amide bonds. The summed E-state index contributed by atoms with van der Waals surface area (Å²) in [7, 11) is 0. The zero-order valence-electron chi connectivity index (χ0n) is 14.0. The Balaban J connectivity index is 1.98. The molecule has 1 heterocycles. The van der Waals surface area contributed by atoms with Crippen LogP contribution in [0.15, 0.2) is 47.1 Å². The molecule has 0 aliphatic carbocycles. The molecule has 0 saturated carbocycles. The first-order valence-electron chi connectivity index (χ1n) is 7.94. The fourth-order valence-corrected chi connectivity index (χ4v) is 2.29. The average molecular weight is 348 g/mol. The summed E-state index contributed by atoms with van der Waals surface area (Å²) in [5, 5.41) is 15.0. The van der Waals surface area contributed by atoms with Gasteiger partial charge >= 0.3 is 0 Å². The Labute approximate surface area is 145 Å². The molecular weight excluding hydrogens is 327 g/mol. The monoisotopic (exact) mass is 348 g/mol. The molecule has 0 saturated heterocycles. The van der Waals surface area contributed by atoms with E-state index in [0.29, 0.717) is 5.76 Å². The summed E-state index contributed by atoms with van der Waals surface area (Å²) in [6.45, 7) is 3.45. The molecule has 1 aromatic carbocycles. The Morgan fingerprint density at radius 2 is 1.92 bits per heavy atom. The molecule has 0 fully saturated rings. The van der Waals surface area contributed by atoms with E-state index >= 15 is 0 Å². The number of amides is 2. The number of carbonyl (C=O) groups excluding carboxylic acids is 2. The van der Waals surface area contributed by atoms with Gasteiger partial charge in [-0.3, -0.25) is 9.59 Å². The van der Waals surface area contributed by atoms with E-state index in [4.69, 9.17) is 4.42 Å². The Morgan fingerprint density at radius 3 is 2.52 bits per heavy atom. The van der Waals surface area contributed by atoms with Crippen LogP contribution in [-0.4, -0.2) is 29.5 Å². The molecule has 6 nitrogen and oxygen atoms in total. The third-order valence-corrected chi connectivity index (χ3v) is 3.70. The molecule has 25 heavy (non-hydrogen) atoms. The smallest absolute Gasteiger partial charge is 0.254 e. The summed E-state index contributed by atoms with van der Waals surface area (Å²) in [4.78, 5) is 24.6. The maximum absolute atomic E-state index is 13.7. The third-order valence-electron chi connectivity index (χ3n) is 3.70. The highest BCUT2D eigenvalue weighted by Gasteiger charge is 2.26. The maximum Gasteiger partial charge on any atom is 0.254 e. The average Bonchev–Trinajstić information content (AvgIpc) is 3.11. The van der Waals surface area contributed by atoms with Gasteiger partial charge in [0.1, 0.15) is 23.7 Å². The van der Waals surface area contributed by atoms with E-state index in [2.05, 4.69) is 10.6 Å². The number of nitrogens with one attached hydrogen (secondary N) is 2. The van der Waals surface area contributed by atoms with Crippen LogP contribution in [-0.2, 0) is 4.79 Å². The number of aliphatic hydroxyl groups excluding tert-OH is 1. The Bertz CT molecular complexity index is 716. The zero-order valence-corrected chi connectivity index (χ0v) is 14.0. The standard InChI is InChI=1S/C18H21FN2O4/c1-11(2)16(21-17(23)12-6-3-4-7-13(12)19)18(24)20-10-14(22)15-8-5-9-25-15/h3-9,11,14,16,22H,10H2,1-2H3,(H,20,24)(H,21,23). The molecular formula is C18H21FN2O4. The highest BCUT2D eigenvalue weighted by molar-refractivity contribution is 5.97. The van der Waals surface area contributed by atoms with Crippen LogP contribution in [0.4, 0.5) is 4.39 Å². The number of furan rings is 1. The third kappa shape index (κ3) is 4.90. The van der Waals surface area contributed by atoms with Crippen LogP contribution < -0.4 is 10.6 Å². The molecule has 0 bridgehead atoms. The fraction of sp³-hybridized carbons (Fsp3) is 0.333. The summed E-state index contributed by atoms with van der Waals surface area (Å²) in [5.41, 5.74) is -0.128. The van der Waals surface area contributed by atoms with Crippen molar-refractivity contribution in [3.8, 4) is 0 Å². The lowest BCUT2D eigenvalue weighted by molar-refractivity contribution is -0.124. The molecule has 3 N–H and O–H groups in total. The molecule has 0 aliphatic heterocycles. The van der Waals surface area contributed by atoms with Gasteiger partial charge in [0.25, 0.3) is 5.91 Å². The number of benzene rings is 1. The first kappa shape index (κ1) is 18.7. The Hall–Kier alpha value is -2.67. The summed E-state index contributed by atoms with van der Waals surface area (Å²) in [6.07, 6.45) is 0.431. The SMILES string of the molecule is CC(C)C(NC(=O)c1ccccc1F)C(=O)NCC(O)c1ccco1. The normalized spacial score (nSPS) is 13.3. The van der Waals surface area contributed by atoms with E-state index in [9.17, 15) is 19.1 Å². The van der Waals surface area contributed by atoms with Crippen molar-refractivity contribution in [1.29, 1.82) is 0 Å². The van der Waals surface area contributed by atoms with E-state index in [1.165, 1.54) is 24.5 Å². The van der Waals surface area contributed by atoms with Crippen molar-refractivity contribution < 1.29 is 23.5 Å². The molecule has 0 aliphatic rings. The van der Waals surface area contributed by atoms with Gasteiger partial charge in [-0.2, -0.15) is 0 Å². The van der Waals surface area contributed by atoms with E-state index in [1.807, 2.05) is 0 Å². The minimum atomic E-state index is -0.992. The molecule has 7 heteroatoms. The highest BCUT2D eigenvalue weighted by atomic mass is 19.1. The van der Waals surface area contributed by atoms with Crippen LogP contribution >= 0.6 is 0 Å². The van der Waals surface area contributed by atoms with Gasteiger partial charge in [-0.15, -0.1) is 0 Å². The second kappa shape index (κ2) is 8.43. The molecule has 2 aromatic rings. The summed E-state index contributed by atoms with van der Waals surface area (Å²) < 4.78 is 18.8. The van der Waals surface area contributed by atoms with Crippen LogP contribution in [0.2, 0.25) is 0 Å². The summed E-state index contributed by atoms with van der Waals surface area (Å²) in [6, 6.07) is 7.91. The largest absolute Gasteiger partial charge is 0.467 e. The molecule has 2 atom stereocenters. The van der Waals surface area contributed by atoms with Gasteiger partial charge in [-0.05, 0) is 30.2 Å². The fourth-order valence-electron chi connectivity index (χ4n) is 2.29. The number of hydrogen-bond acceptors (Lipinski definition) is 4. The van der Waals surface area contributed by atoms with Gasteiger partial charge in [0.05, 0.1) is 18.4 Å². The molecule has 0 spiro atoms. The topological polar surface area (TPSA) is 91.6 Å². The van der Waals surface area contributed by atoms with Crippen molar-refractivity contribution >= 4 is 11.8 Å². The number of halogens is 1. The molecule has 2 unspecified atom stereocenters. The van der Waals surface area contributed by atoms with Gasteiger partial charge in [-0.25, -0.2) is 4.39 Å². The van der Waals surface area contributed by atoms with Crippen molar-refractivity contribution in [1.82, 2.24) is 10.6 Å². The second-order valence-electron chi connectivity index (χ2n) is 5.95. The van der Waals surface area contributed by atoms with E-state index in [0.717, 1.165) is 0 Å². The van der Waals surface area contributed by atoms with Gasteiger partial charge in [0, 0.05) is 0 Å². The highest BCUT2D eigenvalue weighted by Crippen LogP contribution is 2.12. The number of aliphatic hydroxyl groups is 1. The van der Waals surface area contributed by atoms with Gasteiger partial charge in [-0.1, -0.05) is 26.0 Å². The quantitative estimate of drug-likeness (QED) is 0.714. The molecule has 1 aromatic heterocycles. The van der Waals surface area contributed by atoms with Crippen molar-refractivity contribution in [2.45, 2.75) is 26.0 Å². The van der Waals surface area contributed by atoms with Crippen LogP contribution in [0.25, 0.3) is 0 Å². The van der Waals surface area contributed by atoms with Gasteiger partial charge in [0.15, 0.2) is 0 Å². The minimum absolute atomic E-state index is 0.0643. The van der Waals surface area contributed by atoms with E-state index in [-0.39, 0.29) is 18.0 Å². The van der Waals surface area contributed by atoms with E-state index < -0.39 is 29.8 Å². The Morgan fingerprint density at radius 1 is 1.20 bits per heavy atom. The number of rotatable bonds is 7. The molecule has 134 valence electrons. The zero-order chi connectivity index (χ0) is 18.4. The van der Waals surface area contributed by atoms with Crippen LogP contribution in [0.3, 0.4) is 0 Å². The van der Waals surface area contributed by atoms with Crippen molar-refractivity contribution in [2.75, 3.05) is 6.54 Å². The van der Waals surface area contributed by atoms with Crippen LogP contribution in [0.5, 0.6) is 0 Å². The lowest BCUT2D eigenvalue weighted by Crippen LogP contribution is -2.50. The first-order valence-corrected chi connectivity index (χ1v) is 7.94. The molecule has 2 rings (SSSR count). The van der Waals surface area contributed by atoms with Crippen molar-refractivity contribution in [2.24, 2.45) is 5.92 Å². The predicted octanol–water partition coefficient (Wildman–Crippen LogP) is 2.02. The lowest BCUT2D eigenvalue weighted by Gasteiger charge is -2.22. The predicted molar refractivity (Wildman–Crippen MR) is 89.2 cm³/mol. The lowest BCUT2D eigenvalue weighted by atomic mass is 10.0. The second-order valence-corrected chi connectivity index (χ2v) is 5.95. The van der Waals surface area contributed by atoms with Gasteiger partial charge in [0.2, 0.25) is 5.91 Å². The number of hydrogen-bond donors (Lipinski definition) is 3. The summed E-state index contributed by atoms with van der Waals surface area (Å²) in [5.74, 6) is -1.69.